The number of carbonyl (C=O) groups is 1. The van der Waals surface area contributed by atoms with E-state index in [-0.39, 0.29) is 24.2 Å². The van der Waals surface area contributed by atoms with Gasteiger partial charge in [-0.3, -0.25) is 4.79 Å². The predicted octanol–water partition coefficient (Wildman–Crippen LogP) is 3.55. The molecule has 1 aliphatic rings. The van der Waals surface area contributed by atoms with E-state index in [1.807, 2.05) is 12.1 Å². The van der Waals surface area contributed by atoms with Gasteiger partial charge in [-0.1, -0.05) is 60.7 Å². The second-order valence-corrected chi connectivity index (χ2v) is 6.57. The average Bonchev–Trinajstić information content (AvgIpc) is 2.67. The second kappa shape index (κ2) is 10.2. The summed E-state index contributed by atoms with van der Waals surface area (Å²) < 4.78 is 0. The molecule has 0 aliphatic carbocycles. The van der Waals surface area contributed by atoms with Gasteiger partial charge in [0.1, 0.15) is 0 Å². The van der Waals surface area contributed by atoms with E-state index < -0.39 is 0 Å². The van der Waals surface area contributed by atoms with Crippen molar-refractivity contribution < 1.29 is 4.79 Å². The zero-order chi connectivity index (χ0) is 16.6. The number of nitrogens with one attached hydrogen (secondary N) is 2. The van der Waals surface area contributed by atoms with Crippen molar-refractivity contribution in [1.82, 2.24) is 10.6 Å². The van der Waals surface area contributed by atoms with Gasteiger partial charge in [0, 0.05) is 18.4 Å². The summed E-state index contributed by atoms with van der Waals surface area (Å²) in [5.74, 6) is 0.684. The molecule has 2 N–H and O–H groups in total. The van der Waals surface area contributed by atoms with Crippen molar-refractivity contribution in [2.24, 2.45) is 5.92 Å². The summed E-state index contributed by atoms with van der Waals surface area (Å²) in [5.41, 5.74) is 2.59. The van der Waals surface area contributed by atoms with Crippen LogP contribution < -0.4 is 10.6 Å². The Morgan fingerprint density at radius 2 is 1.60 bits per heavy atom. The Labute approximate surface area is 156 Å². The molecular formula is C21H27ClN2O. The van der Waals surface area contributed by atoms with Gasteiger partial charge < -0.3 is 10.6 Å². The summed E-state index contributed by atoms with van der Waals surface area (Å²) in [6.45, 7) is 2.59. The van der Waals surface area contributed by atoms with Crippen LogP contribution in [0.5, 0.6) is 0 Å². The fraction of sp³-hybridized carbons (Fsp3) is 0.381. The first-order valence-electron chi connectivity index (χ1n) is 8.90. The number of piperidine rings is 1. The lowest BCUT2D eigenvalue weighted by molar-refractivity contribution is -0.125. The van der Waals surface area contributed by atoms with Crippen LogP contribution in [-0.2, 0) is 11.2 Å². The van der Waals surface area contributed by atoms with Gasteiger partial charge in [-0.15, -0.1) is 12.4 Å². The zero-order valence-corrected chi connectivity index (χ0v) is 15.3. The summed E-state index contributed by atoms with van der Waals surface area (Å²) >= 11 is 0. The fourth-order valence-electron chi connectivity index (χ4n) is 3.38. The van der Waals surface area contributed by atoms with Crippen LogP contribution in [0.25, 0.3) is 0 Å². The monoisotopic (exact) mass is 358 g/mol. The fourth-order valence-corrected chi connectivity index (χ4v) is 3.38. The number of benzene rings is 2. The van der Waals surface area contributed by atoms with Crippen LogP contribution in [0.2, 0.25) is 0 Å². The molecule has 0 radical (unpaired) electrons. The van der Waals surface area contributed by atoms with Crippen LogP contribution >= 0.6 is 12.4 Å². The van der Waals surface area contributed by atoms with Gasteiger partial charge >= 0.3 is 0 Å². The molecule has 3 rings (SSSR count). The van der Waals surface area contributed by atoms with E-state index in [2.05, 4.69) is 59.2 Å². The first-order valence-corrected chi connectivity index (χ1v) is 8.90. The van der Waals surface area contributed by atoms with E-state index >= 15 is 0 Å². The van der Waals surface area contributed by atoms with Gasteiger partial charge in [-0.25, -0.2) is 0 Å². The number of hydrogen-bond donors (Lipinski definition) is 2. The molecule has 1 heterocycles. The molecule has 1 saturated heterocycles. The second-order valence-electron chi connectivity index (χ2n) is 6.57. The standard InChI is InChI=1S/C21H26N2O.ClH/c24-21(19-11-13-22-14-12-19)23-16-20(18-9-5-2-6-10-18)15-17-7-3-1-4-8-17;/h1-10,19-20,22H,11-16H2,(H,23,24);1H. The molecular weight excluding hydrogens is 332 g/mol. The van der Waals surface area contributed by atoms with Gasteiger partial charge in [0.15, 0.2) is 0 Å². The summed E-state index contributed by atoms with van der Waals surface area (Å²) in [5, 5.41) is 6.52. The maximum Gasteiger partial charge on any atom is 0.223 e. The molecule has 134 valence electrons. The largest absolute Gasteiger partial charge is 0.355 e. The average molecular weight is 359 g/mol. The van der Waals surface area contributed by atoms with Gasteiger partial charge in [0.25, 0.3) is 0 Å². The quantitative estimate of drug-likeness (QED) is 0.829. The molecule has 1 atom stereocenters. The first-order chi connectivity index (χ1) is 11.8. The van der Waals surface area contributed by atoms with E-state index in [0.717, 1.165) is 32.4 Å². The van der Waals surface area contributed by atoms with Crippen LogP contribution in [0.1, 0.15) is 29.9 Å². The molecule has 1 unspecified atom stereocenters. The third kappa shape index (κ3) is 5.87. The number of hydrogen-bond acceptors (Lipinski definition) is 2. The summed E-state index contributed by atoms with van der Waals surface area (Å²) in [4.78, 5) is 12.4. The summed E-state index contributed by atoms with van der Waals surface area (Å²) in [6.07, 6.45) is 2.83. The minimum Gasteiger partial charge on any atom is -0.355 e. The Kier molecular flexibility index (Phi) is 7.96. The number of carbonyl (C=O) groups excluding carboxylic acids is 1. The van der Waals surface area contributed by atoms with Crippen LogP contribution in [0, 0.1) is 5.92 Å². The highest BCUT2D eigenvalue weighted by Gasteiger charge is 2.22. The molecule has 1 amide bonds. The van der Waals surface area contributed by atoms with Crippen molar-refractivity contribution in [3.05, 3.63) is 71.8 Å². The Morgan fingerprint density at radius 1 is 1.00 bits per heavy atom. The highest BCUT2D eigenvalue weighted by atomic mass is 35.5. The van der Waals surface area contributed by atoms with E-state index in [4.69, 9.17) is 0 Å². The maximum atomic E-state index is 12.4. The first kappa shape index (κ1) is 19.5. The van der Waals surface area contributed by atoms with Gasteiger partial charge in [-0.05, 0) is 43.5 Å². The molecule has 2 aromatic rings. The highest BCUT2D eigenvalue weighted by molar-refractivity contribution is 5.85. The summed E-state index contributed by atoms with van der Waals surface area (Å²) in [7, 11) is 0. The Bertz CT molecular complexity index is 627. The molecule has 4 heteroatoms. The normalized spacial score (nSPS) is 15.8. The molecule has 0 saturated carbocycles. The molecule has 0 spiro atoms. The van der Waals surface area contributed by atoms with E-state index in [9.17, 15) is 4.79 Å². The predicted molar refractivity (Wildman–Crippen MR) is 105 cm³/mol. The lowest BCUT2D eigenvalue weighted by Crippen LogP contribution is -2.39. The van der Waals surface area contributed by atoms with Crippen LogP contribution in [-0.4, -0.2) is 25.5 Å². The van der Waals surface area contributed by atoms with Gasteiger partial charge in [0.2, 0.25) is 5.91 Å². The van der Waals surface area contributed by atoms with E-state index in [0.29, 0.717) is 12.5 Å². The molecule has 3 nitrogen and oxygen atoms in total. The summed E-state index contributed by atoms with van der Waals surface area (Å²) in [6, 6.07) is 21.0. The molecule has 1 fully saturated rings. The topological polar surface area (TPSA) is 41.1 Å². The molecule has 2 aromatic carbocycles. The Hall–Kier alpha value is -1.84. The van der Waals surface area contributed by atoms with E-state index in [1.165, 1.54) is 11.1 Å². The third-order valence-electron chi connectivity index (χ3n) is 4.83. The van der Waals surface area contributed by atoms with Crippen molar-refractivity contribution >= 4 is 18.3 Å². The van der Waals surface area contributed by atoms with Crippen molar-refractivity contribution in [1.29, 1.82) is 0 Å². The van der Waals surface area contributed by atoms with E-state index in [1.54, 1.807) is 0 Å². The number of rotatable bonds is 6. The number of amides is 1. The Balaban J connectivity index is 0.00000225. The minimum absolute atomic E-state index is 0. The van der Waals surface area contributed by atoms with Crippen molar-refractivity contribution in [2.45, 2.75) is 25.2 Å². The zero-order valence-electron chi connectivity index (χ0n) is 14.5. The van der Waals surface area contributed by atoms with Gasteiger partial charge in [-0.2, -0.15) is 0 Å². The maximum absolute atomic E-state index is 12.4. The minimum atomic E-state index is 0. The SMILES string of the molecule is Cl.O=C(NCC(Cc1ccccc1)c1ccccc1)C1CCNCC1. The van der Waals surface area contributed by atoms with Crippen molar-refractivity contribution in [3.8, 4) is 0 Å². The smallest absolute Gasteiger partial charge is 0.223 e. The Morgan fingerprint density at radius 3 is 2.24 bits per heavy atom. The number of halogens is 1. The molecule has 0 bridgehead atoms. The highest BCUT2D eigenvalue weighted by Crippen LogP contribution is 2.21. The van der Waals surface area contributed by atoms with Crippen molar-refractivity contribution in [3.63, 3.8) is 0 Å². The third-order valence-corrected chi connectivity index (χ3v) is 4.83. The van der Waals surface area contributed by atoms with Crippen LogP contribution in [0.15, 0.2) is 60.7 Å². The van der Waals surface area contributed by atoms with Crippen molar-refractivity contribution in [2.75, 3.05) is 19.6 Å². The van der Waals surface area contributed by atoms with Crippen LogP contribution in [0.3, 0.4) is 0 Å². The molecule has 25 heavy (non-hydrogen) atoms. The lowest BCUT2D eigenvalue weighted by atomic mass is 9.91. The molecule has 0 aromatic heterocycles. The van der Waals surface area contributed by atoms with Crippen LogP contribution in [0.4, 0.5) is 0 Å². The van der Waals surface area contributed by atoms with Gasteiger partial charge in [0.05, 0.1) is 0 Å². The molecule has 1 aliphatic heterocycles. The lowest BCUT2D eigenvalue weighted by Gasteiger charge is -2.24.